The maximum Gasteiger partial charge on any atom is 0.242 e. The molecule has 1 rings (SSSR count). The van der Waals surface area contributed by atoms with E-state index in [9.17, 15) is 0 Å². The number of anilines is 1. The molecule has 4 heteroatoms. The Balaban J connectivity index is 2.43. The highest BCUT2D eigenvalue weighted by atomic mass is 15.2. The quantitative estimate of drug-likeness (QED) is 0.667. The molecule has 0 radical (unpaired) electrons. The second-order valence-electron chi connectivity index (χ2n) is 1.89. The molecule has 0 saturated heterocycles. The summed E-state index contributed by atoms with van der Waals surface area (Å²) in [6.45, 7) is 2.98. The Labute approximate surface area is 59.7 Å². The molecule has 0 aliphatic heterocycles. The van der Waals surface area contributed by atoms with Gasteiger partial charge in [0.2, 0.25) is 5.95 Å². The fraction of sp³-hybridized carbons (Fsp3) is 0.500. The van der Waals surface area contributed by atoms with E-state index in [1.165, 1.54) is 0 Å². The third-order valence-electron chi connectivity index (χ3n) is 1.02. The highest BCUT2D eigenvalue weighted by Gasteiger charge is 1.88. The van der Waals surface area contributed by atoms with Gasteiger partial charge in [-0.05, 0) is 6.42 Å². The van der Waals surface area contributed by atoms with Crippen LogP contribution in [0.5, 0.6) is 0 Å². The molecule has 1 N–H and O–H groups in total. The minimum atomic E-state index is 0.601. The van der Waals surface area contributed by atoms with Crippen LogP contribution in [0.1, 0.15) is 13.3 Å². The SMILES string of the molecule is CCCNc1nccnn1. The van der Waals surface area contributed by atoms with Crippen LogP contribution in [0.3, 0.4) is 0 Å². The molecule has 1 aromatic rings. The van der Waals surface area contributed by atoms with Gasteiger partial charge in [0.25, 0.3) is 0 Å². The highest BCUT2D eigenvalue weighted by molar-refractivity contribution is 5.19. The van der Waals surface area contributed by atoms with Crippen LogP contribution in [0.25, 0.3) is 0 Å². The zero-order valence-corrected chi connectivity index (χ0v) is 5.91. The van der Waals surface area contributed by atoms with Gasteiger partial charge in [-0.1, -0.05) is 6.92 Å². The Morgan fingerprint density at radius 1 is 1.50 bits per heavy atom. The number of aromatic nitrogens is 3. The van der Waals surface area contributed by atoms with Gasteiger partial charge < -0.3 is 5.32 Å². The van der Waals surface area contributed by atoms with E-state index in [0.29, 0.717) is 5.95 Å². The lowest BCUT2D eigenvalue weighted by atomic mass is 10.5. The number of rotatable bonds is 3. The van der Waals surface area contributed by atoms with Crippen molar-refractivity contribution in [2.24, 2.45) is 0 Å². The monoisotopic (exact) mass is 138 g/mol. The molecule has 0 saturated carbocycles. The van der Waals surface area contributed by atoms with Crippen molar-refractivity contribution in [2.75, 3.05) is 11.9 Å². The lowest BCUT2D eigenvalue weighted by Gasteiger charge is -1.98. The van der Waals surface area contributed by atoms with Gasteiger partial charge in [-0.2, -0.15) is 5.10 Å². The topological polar surface area (TPSA) is 50.7 Å². The minimum Gasteiger partial charge on any atom is -0.353 e. The van der Waals surface area contributed by atoms with E-state index >= 15 is 0 Å². The summed E-state index contributed by atoms with van der Waals surface area (Å²) in [5.74, 6) is 0.601. The largest absolute Gasteiger partial charge is 0.353 e. The van der Waals surface area contributed by atoms with Crippen LogP contribution in [0.15, 0.2) is 12.4 Å². The Morgan fingerprint density at radius 3 is 3.00 bits per heavy atom. The van der Waals surface area contributed by atoms with Crippen LogP contribution in [0, 0.1) is 0 Å². The van der Waals surface area contributed by atoms with Gasteiger partial charge in [0.15, 0.2) is 0 Å². The number of hydrogen-bond donors (Lipinski definition) is 1. The molecule has 0 fully saturated rings. The van der Waals surface area contributed by atoms with Gasteiger partial charge in [0.1, 0.15) is 0 Å². The van der Waals surface area contributed by atoms with E-state index in [1.807, 2.05) is 0 Å². The average Bonchev–Trinajstić information content (AvgIpc) is 2.03. The van der Waals surface area contributed by atoms with Crippen molar-refractivity contribution < 1.29 is 0 Å². The summed E-state index contributed by atoms with van der Waals surface area (Å²) in [6.07, 6.45) is 4.24. The Bertz CT molecular complexity index is 174. The lowest BCUT2D eigenvalue weighted by molar-refractivity contribution is 0.911. The maximum absolute atomic E-state index is 3.93. The summed E-state index contributed by atoms with van der Waals surface area (Å²) in [5.41, 5.74) is 0. The molecule has 54 valence electrons. The lowest BCUT2D eigenvalue weighted by Crippen LogP contribution is -2.04. The van der Waals surface area contributed by atoms with Crippen LogP contribution in [0.2, 0.25) is 0 Å². The van der Waals surface area contributed by atoms with Crippen LogP contribution in [0.4, 0.5) is 5.95 Å². The van der Waals surface area contributed by atoms with E-state index in [0.717, 1.165) is 13.0 Å². The predicted octanol–water partition coefficient (Wildman–Crippen LogP) is 0.693. The number of hydrogen-bond acceptors (Lipinski definition) is 4. The van der Waals surface area contributed by atoms with Crippen LogP contribution < -0.4 is 5.32 Å². The highest BCUT2D eigenvalue weighted by Crippen LogP contribution is 1.90. The summed E-state index contributed by atoms with van der Waals surface area (Å²) in [7, 11) is 0. The second-order valence-corrected chi connectivity index (χ2v) is 1.89. The van der Waals surface area contributed by atoms with Crippen LogP contribution in [-0.2, 0) is 0 Å². The molecule has 0 aliphatic carbocycles. The van der Waals surface area contributed by atoms with Gasteiger partial charge in [0.05, 0.1) is 12.4 Å². The minimum absolute atomic E-state index is 0.601. The first-order valence-electron chi connectivity index (χ1n) is 3.31. The molecule has 1 heterocycles. The van der Waals surface area contributed by atoms with Gasteiger partial charge in [-0.15, -0.1) is 5.10 Å². The van der Waals surface area contributed by atoms with E-state index in [2.05, 4.69) is 27.4 Å². The molecular formula is C6H10N4. The number of nitrogens with one attached hydrogen (secondary N) is 1. The van der Waals surface area contributed by atoms with Crippen molar-refractivity contribution in [1.82, 2.24) is 15.2 Å². The fourth-order valence-corrected chi connectivity index (χ4v) is 0.565. The van der Waals surface area contributed by atoms with Crippen LogP contribution >= 0.6 is 0 Å². The van der Waals surface area contributed by atoms with Crippen molar-refractivity contribution in [3.05, 3.63) is 12.4 Å². The predicted molar refractivity (Wildman–Crippen MR) is 38.6 cm³/mol. The van der Waals surface area contributed by atoms with Gasteiger partial charge in [-0.25, -0.2) is 4.98 Å². The van der Waals surface area contributed by atoms with Gasteiger partial charge >= 0.3 is 0 Å². The standard InChI is InChI=1S/C6H10N4/c1-2-3-7-6-8-4-5-9-10-6/h4-5H,2-3H2,1H3,(H,7,8,10). The fourth-order valence-electron chi connectivity index (χ4n) is 0.565. The maximum atomic E-state index is 3.93. The smallest absolute Gasteiger partial charge is 0.242 e. The molecule has 4 nitrogen and oxygen atoms in total. The zero-order valence-electron chi connectivity index (χ0n) is 5.91. The summed E-state index contributed by atoms with van der Waals surface area (Å²) in [6, 6.07) is 0. The molecule has 0 aromatic carbocycles. The molecule has 0 unspecified atom stereocenters. The van der Waals surface area contributed by atoms with E-state index in [4.69, 9.17) is 0 Å². The van der Waals surface area contributed by atoms with Crippen molar-refractivity contribution in [3.8, 4) is 0 Å². The van der Waals surface area contributed by atoms with E-state index < -0.39 is 0 Å². The molecule has 0 amide bonds. The molecule has 1 aromatic heterocycles. The Hall–Kier alpha value is -1.19. The van der Waals surface area contributed by atoms with Crippen LogP contribution in [-0.4, -0.2) is 21.7 Å². The van der Waals surface area contributed by atoms with Crippen molar-refractivity contribution >= 4 is 5.95 Å². The molecule has 0 spiro atoms. The normalized spacial score (nSPS) is 9.30. The van der Waals surface area contributed by atoms with E-state index in [1.54, 1.807) is 12.4 Å². The molecule has 10 heavy (non-hydrogen) atoms. The summed E-state index contributed by atoms with van der Waals surface area (Å²) in [5, 5.41) is 10.4. The third-order valence-corrected chi connectivity index (χ3v) is 1.02. The van der Waals surface area contributed by atoms with Crippen molar-refractivity contribution in [2.45, 2.75) is 13.3 Å². The average molecular weight is 138 g/mol. The third kappa shape index (κ3) is 1.97. The Morgan fingerprint density at radius 2 is 2.40 bits per heavy atom. The van der Waals surface area contributed by atoms with E-state index in [-0.39, 0.29) is 0 Å². The van der Waals surface area contributed by atoms with Crippen molar-refractivity contribution in [1.29, 1.82) is 0 Å². The first kappa shape index (κ1) is 6.92. The van der Waals surface area contributed by atoms with Crippen molar-refractivity contribution in [3.63, 3.8) is 0 Å². The molecular weight excluding hydrogens is 128 g/mol. The first-order chi connectivity index (χ1) is 4.93. The zero-order chi connectivity index (χ0) is 7.23. The summed E-state index contributed by atoms with van der Waals surface area (Å²) in [4.78, 5) is 3.93. The van der Waals surface area contributed by atoms with Gasteiger partial charge in [-0.3, -0.25) is 0 Å². The molecule has 0 aliphatic rings. The summed E-state index contributed by atoms with van der Waals surface area (Å²) < 4.78 is 0. The Kier molecular flexibility index (Phi) is 2.61. The molecule has 0 bridgehead atoms. The first-order valence-corrected chi connectivity index (χ1v) is 3.31. The van der Waals surface area contributed by atoms with Gasteiger partial charge in [0, 0.05) is 6.54 Å². The second kappa shape index (κ2) is 3.76. The number of nitrogens with zero attached hydrogens (tertiary/aromatic N) is 3. The summed E-state index contributed by atoms with van der Waals surface area (Å²) >= 11 is 0. The molecule has 0 atom stereocenters.